The second-order valence-corrected chi connectivity index (χ2v) is 14.0. The molecule has 0 unspecified atom stereocenters. The van der Waals surface area contributed by atoms with Crippen LogP contribution in [0, 0.1) is 18.8 Å². The highest BCUT2D eigenvalue weighted by atomic mass is 35.5. The van der Waals surface area contributed by atoms with Gasteiger partial charge in [0.1, 0.15) is 28.4 Å². The van der Waals surface area contributed by atoms with E-state index in [-0.39, 0.29) is 33.0 Å². The summed E-state index contributed by atoms with van der Waals surface area (Å²) in [5.41, 5.74) is 2.92. The van der Waals surface area contributed by atoms with Crippen molar-refractivity contribution < 1.29 is 27.8 Å². The molecule has 0 saturated carbocycles. The van der Waals surface area contributed by atoms with Gasteiger partial charge >= 0.3 is 12.2 Å². The minimum Gasteiger partial charge on any atom is -0.497 e. The Labute approximate surface area is 306 Å². The zero-order valence-corrected chi connectivity index (χ0v) is 30.8. The third kappa shape index (κ3) is 8.28. The monoisotopic (exact) mass is 730 g/mol. The summed E-state index contributed by atoms with van der Waals surface area (Å²) in [7, 11) is 3.25. The maximum Gasteiger partial charge on any atom is 0.410 e. The lowest BCUT2D eigenvalue weighted by Gasteiger charge is -2.36. The second-order valence-electron chi connectivity index (χ2n) is 13.6. The van der Waals surface area contributed by atoms with Crippen molar-refractivity contribution in [1.29, 1.82) is 0 Å². The lowest BCUT2D eigenvalue weighted by Crippen LogP contribution is -2.50. The lowest BCUT2D eigenvalue weighted by atomic mass is 10.0. The SMILES string of the molecule is COc1ccc(CN(Cc2ccc(OC)cc2)c2cc(C)nc(-c3c(Cl)cc4c(N5CCN(C(=O)OC(C)(C)C)CC5)nc(F)nc4c3F)c2)cc1. The predicted octanol–water partition coefficient (Wildman–Crippen LogP) is 8.21. The zero-order chi connectivity index (χ0) is 37.2. The van der Waals surface area contributed by atoms with E-state index in [0.29, 0.717) is 45.0 Å². The largest absolute Gasteiger partial charge is 0.497 e. The standard InChI is InChI=1S/C39H41ClF2N6O4/c1-24-19-27(48(22-25-7-11-28(50-5)12-8-25)23-26-9-13-29(51-6)14-10-26)20-32(43-24)33-31(40)21-30-35(34(33)41)44-37(42)45-36(30)46-15-17-47(18-16-46)38(49)52-39(2,3)4/h7-14,19-21H,15-18,22-23H2,1-6H3. The van der Waals surface area contributed by atoms with Crippen LogP contribution in [-0.4, -0.2) is 71.9 Å². The molecule has 0 radical (unpaired) electrons. The van der Waals surface area contributed by atoms with E-state index in [1.165, 1.54) is 0 Å². The van der Waals surface area contributed by atoms with Crippen LogP contribution >= 0.6 is 11.6 Å². The molecule has 5 aromatic rings. The number of hydrogen-bond acceptors (Lipinski definition) is 9. The number of hydrogen-bond donors (Lipinski definition) is 0. The number of ether oxygens (including phenoxy) is 3. The zero-order valence-electron chi connectivity index (χ0n) is 30.0. The molecule has 1 amide bonds. The number of pyridine rings is 1. The molecule has 52 heavy (non-hydrogen) atoms. The molecule has 6 rings (SSSR count). The summed E-state index contributed by atoms with van der Waals surface area (Å²) in [6, 6.07) is 20.9. The summed E-state index contributed by atoms with van der Waals surface area (Å²) < 4.78 is 47.9. The van der Waals surface area contributed by atoms with E-state index in [1.807, 2.05) is 61.5 Å². The average molecular weight is 731 g/mol. The van der Waals surface area contributed by atoms with Gasteiger partial charge in [-0.25, -0.2) is 9.18 Å². The number of carbonyl (C=O) groups excluding carboxylic acids is 1. The number of rotatable bonds is 9. The van der Waals surface area contributed by atoms with Gasteiger partial charge in [0.05, 0.1) is 30.5 Å². The van der Waals surface area contributed by atoms with Crippen LogP contribution in [0.15, 0.2) is 66.7 Å². The number of benzene rings is 3. The molecule has 10 nitrogen and oxygen atoms in total. The number of anilines is 2. The fourth-order valence-electron chi connectivity index (χ4n) is 6.16. The molecule has 0 bridgehead atoms. The van der Waals surface area contributed by atoms with E-state index in [4.69, 9.17) is 25.8 Å². The van der Waals surface area contributed by atoms with E-state index in [2.05, 4.69) is 19.9 Å². The van der Waals surface area contributed by atoms with Crippen LogP contribution in [0.2, 0.25) is 5.02 Å². The molecule has 3 heterocycles. The van der Waals surface area contributed by atoms with Crippen molar-refractivity contribution in [2.45, 2.75) is 46.4 Å². The molecule has 1 aliphatic heterocycles. The first-order valence-electron chi connectivity index (χ1n) is 16.9. The van der Waals surface area contributed by atoms with Gasteiger partial charge in [0.2, 0.25) is 0 Å². The van der Waals surface area contributed by atoms with Crippen molar-refractivity contribution in [3.8, 4) is 22.8 Å². The first-order chi connectivity index (χ1) is 24.8. The van der Waals surface area contributed by atoms with Gasteiger partial charge < -0.3 is 28.9 Å². The van der Waals surface area contributed by atoms with E-state index in [9.17, 15) is 4.79 Å². The first kappa shape index (κ1) is 36.6. The molecule has 272 valence electrons. The average Bonchev–Trinajstić information content (AvgIpc) is 3.11. The topological polar surface area (TPSA) is 93.2 Å². The highest BCUT2D eigenvalue weighted by Gasteiger charge is 2.29. The summed E-state index contributed by atoms with van der Waals surface area (Å²) in [4.78, 5) is 30.8. The van der Waals surface area contributed by atoms with Crippen molar-refractivity contribution in [3.63, 3.8) is 0 Å². The minimum absolute atomic E-state index is 0.00626. The third-order valence-electron chi connectivity index (χ3n) is 8.69. The van der Waals surface area contributed by atoms with Crippen LogP contribution in [0.4, 0.5) is 25.1 Å². The second kappa shape index (κ2) is 15.2. The molecule has 1 saturated heterocycles. The van der Waals surface area contributed by atoms with E-state index < -0.39 is 23.6 Å². The molecule has 0 atom stereocenters. The summed E-state index contributed by atoms with van der Waals surface area (Å²) in [6.45, 7) is 9.57. The Morgan fingerprint density at radius 2 is 1.42 bits per heavy atom. The third-order valence-corrected chi connectivity index (χ3v) is 8.99. The van der Waals surface area contributed by atoms with Gasteiger partial charge in [0, 0.05) is 56.0 Å². The molecule has 2 aromatic heterocycles. The highest BCUT2D eigenvalue weighted by Crippen LogP contribution is 2.39. The Bertz CT molecular complexity index is 2020. The molecular formula is C39H41ClF2N6O4. The first-order valence-corrected chi connectivity index (χ1v) is 17.3. The van der Waals surface area contributed by atoms with Gasteiger partial charge in [0.25, 0.3) is 0 Å². The Morgan fingerprint density at radius 3 is 1.96 bits per heavy atom. The highest BCUT2D eigenvalue weighted by molar-refractivity contribution is 6.34. The van der Waals surface area contributed by atoms with Crippen LogP contribution < -0.4 is 19.3 Å². The number of methoxy groups -OCH3 is 2. The Hall–Kier alpha value is -5.23. The van der Waals surface area contributed by atoms with E-state index >= 15 is 8.78 Å². The number of amides is 1. The number of nitrogens with zero attached hydrogens (tertiary/aromatic N) is 6. The molecule has 3 aromatic carbocycles. The number of piperazine rings is 1. The van der Waals surface area contributed by atoms with E-state index in [0.717, 1.165) is 28.3 Å². The predicted molar refractivity (Wildman–Crippen MR) is 198 cm³/mol. The molecule has 13 heteroatoms. The summed E-state index contributed by atoms with van der Waals surface area (Å²) in [5.74, 6) is 0.890. The maximum absolute atomic E-state index is 16.7. The van der Waals surface area contributed by atoms with Crippen LogP contribution in [-0.2, 0) is 17.8 Å². The Kier molecular flexibility index (Phi) is 10.7. The molecule has 0 spiro atoms. The number of aromatic nitrogens is 3. The van der Waals surface area contributed by atoms with Gasteiger partial charge in [-0.1, -0.05) is 35.9 Å². The number of halogens is 3. The molecule has 1 fully saturated rings. The lowest BCUT2D eigenvalue weighted by molar-refractivity contribution is 0.0240. The molecule has 0 aliphatic carbocycles. The van der Waals surface area contributed by atoms with Gasteiger partial charge in [-0.2, -0.15) is 14.4 Å². The number of fused-ring (bicyclic) bond motifs is 1. The number of aryl methyl sites for hydroxylation is 1. The van der Waals surface area contributed by atoms with Crippen LogP contribution in [0.5, 0.6) is 11.5 Å². The normalized spacial score (nSPS) is 13.3. The Morgan fingerprint density at radius 1 is 0.846 bits per heavy atom. The minimum atomic E-state index is -1.08. The summed E-state index contributed by atoms with van der Waals surface area (Å²) in [5, 5.41) is 0.335. The quantitative estimate of drug-likeness (QED) is 0.139. The molecule has 1 aliphatic rings. The van der Waals surface area contributed by atoms with Gasteiger partial charge in [-0.15, -0.1) is 0 Å². The fourth-order valence-corrected chi connectivity index (χ4v) is 6.45. The number of carbonyl (C=O) groups is 1. The van der Waals surface area contributed by atoms with E-state index in [1.54, 1.807) is 56.9 Å². The van der Waals surface area contributed by atoms with Gasteiger partial charge in [-0.05, 0) is 81.3 Å². The van der Waals surface area contributed by atoms with Crippen molar-refractivity contribution in [2.24, 2.45) is 0 Å². The van der Waals surface area contributed by atoms with Crippen molar-refractivity contribution in [1.82, 2.24) is 19.9 Å². The molecule has 0 N–H and O–H groups in total. The van der Waals surface area contributed by atoms with Crippen LogP contribution in [0.3, 0.4) is 0 Å². The fraction of sp³-hybridized carbons (Fsp3) is 0.333. The van der Waals surface area contributed by atoms with Crippen LogP contribution in [0.1, 0.15) is 37.6 Å². The smallest absolute Gasteiger partial charge is 0.410 e. The summed E-state index contributed by atoms with van der Waals surface area (Å²) >= 11 is 6.87. The van der Waals surface area contributed by atoms with Crippen molar-refractivity contribution in [2.75, 3.05) is 50.2 Å². The Balaban J connectivity index is 1.35. The van der Waals surface area contributed by atoms with Crippen molar-refractivity contribution >= 4 is 40.1 Å². The molecular weight excluding hydrogens is 690 g/mol. The van der Waals surface area contributed by atoms with Crippen molar-refractivity contribution in [3.05, 3.63) is 100 Å². The van der Waals surface area contributed by atoms with Crippen LogP contribution in [0.25, 0.3) is 22.2 Å². The van der Waals surface area contributed by atoms with Gasteiger partial charge in [0.15, 0.2) is 5.82 Å². The maximum atomic E-state index is 16.7. The summed E-state index contributed by atoms with van der Waals surface area (Å²) in [6.07, 6.45) is -1.51. The van der Waals surface area contributed by atoms with Gasteiger partial charge in [-0.3, -0.25) is 4.98 Å².